The van der Waals surface area contributed by atoms with Gasteiger partial charge in [0.15, 0.2) is 17.3 Å². The molecule has 392 valence electrons. The summed E-state index contributed by atoms with van der Waals surface area (Å²) in [4.78, 5) is 43.6. The molecule has 4 aromatic carbocycles. The summed E-state index contributed by atoms with van der Waals surface area (Å²) in [5.74, 6) is -3.69. The molecule has 7 rings (SSSR count). The minimum Gasteiger partial charge on any atom is -0.478 e. The molecular weight excluding hydrogens is 1100 g/mol. The van der Waals surface area contributed by atoms with E-state index in [1.165, 1.54) is 60.7 Å². The number of rotatable bonds is 18. The maximum absolute atomic E-state index is 15.4. The molecule has 23 heteroatoms. The Labute approximate surface area is 437 Å². The first-order chi connectivity index (χ1) is 34.2. The lowest BCUT2D eigenvalue weighted by molar-refractivity contribution is -0.437. The van der Waals surface area contributed by atoms with Gasteiger partial charge in [0.2, 0.25) is 5.69 Å². The van der Waals surface area contributed by atoms with Crippen LogP contribution >= 0.6 is 15.9 Å². The van der Waals surface area contributed by atoms with Crippen molar-refractivity contribution in [1.82, 2.24) is 0 Å². The molecule has 4 aromatic rings. The smallest absolute Gasteiger partial charge is 0.335 e. The molecule has 74 heavy (non-hydrogen) atoms. The van der Waals surface area contributed by atoms with Gasteiger partial charge in [-0.3, -0.25) is 27.8 Å². The number of hydrogen-bond acceptors (Lipinski definition) is 12. The SMILES string of the molecule is CC1(C)C(/C=C/C2=CC(=C/C=C3/N(CCCS(=O)(=O)O)c4ccc(S(=O)(=O)O)cc4C3(C)C)/CC(C(=O)c3ccc(Br)cc3)(C(=O)c3ccc(C(=O)O)cc3)C2)=[N+](CCCS(=O)(=O)O)c2ccc(S(=O)(=O)O)cc21. The highest BCUT2D eigenvalue weighted by atomic mass is 79.9. The van der Waals surface area contributed by atoms with Crippen LogP contribution in [0.15, 0.2) is 146 Å². The molecule has 2 heterocycles. The number of benzene rings is 4. The number of anilines is 1. The van der Waals surface area contributed by atoms with Gasteiger partial charge in [-0.25, -0.2) is 4.79 Å². The number of aromatic carboxylic acids is 1. The molecule has 0 saturated heterocycles. The summed E-state index contributed by atoms with van der Waals surface area (Å²) in [7, 11) is -18.1. The average molecular weight is 1160 g/mol. The van der Waals surface area contributed by atoms with Crippen molar-refractivity contribution < 1.29 is 75.9 Å². The van der Waals surface area contributed by atoms with Crippen LogP contribution in [0.1, 0.15) is 95.6 Å². The fourth-order valence-electron chi connectivity index (χ4n) is 9.95. The first-order valence-corrected chi connectivity index (χ1v) is 29.7. The number of carboxylic acid groups (broad SMARTS) is 1. The van der Waals surface area contributed by atoms with Crippen LogP contribution in [-0.4, -0.2) is 109 Å². The molecule has 0 bridgehead atoms. The normalized spacial score (nSPS) is 19.7. The molecule has 5 N–H and O–H groups in total. The Morgan fingerprint density at radius 3 is 1.73 bits per heavy atom. The van der Waals surface area contributed by atoms with E-state index in [1.807, 2.05) is 0 Å². The van der Waals surface area contributed by atoms with Gasteiger partial charge in [-0.1, -0.05) is 72.3 Å². The maximum Gasteiger partial charge on any atom is 0.335 e. The van der Waals surface area contributed by atoms with Crippen LogP contribution in [0.2, 0.25) is 0 Å². The zero-order chi connectivity index (χ0) is 54.6. The summed E-state index contributed by atoms with van der Waals surface area (Å²) in [6, 6.07) is 19.5. The van der Waals surface area contributed by atoms with Crippen LogP contribution in [0.4, 0.5) is 11.4 Å². The lowest BCUT2D eigenvalue weighted by Crippen LogP contribution is -2.42. The largest absolute Gasteiger partial charge is 0.478 e. The molecule has 1 unspecified atom stereocenters. The Morgan fingerprint density at radius 2 is 1.18 bits per heavy atom. The minimum absolute atomic E-state index is 0.0142. The van der Waals surface area contributed by atoms with E-state index in [0.717, 1.165) is 0 Å². The Bertz CT molecular complexity index is 3640. The number of nitrogens with zero attached hydrogens (tertiary/aromatic N) is 2. The summed E-state index contributed by atoms with van der Waals surface area (Å²) >= 11 is 3.40. The highest BCUT2D eigenvalue weighted by Gasteiger charge is 2.50. The summed E-state index contributed by atoms with van der Waals surface area (Å²) in [5, 5.41) is 9.70. The van der Waals surface area contributed by atoms with E-state index in [9.17, 15) is 61.8 Å². The Hall–Kier alpha value is -5.76. The monoisotopic (exact) mass is 1160 g/mol. The predicted molar refractivity (Wildman–Crippen MR) is 279 cm³/mol. The van der Waals surface area contributed by atoms with Gasteiger partial charge in [0, 0.05) is 63.1 Å². The first-order valence-electron chi connectivity index (χ1n) is 22.8. The quantitative estimate of drug-likeness (QED) is 0.0271. The van der Waals surface area contributed by atoms with Crippen LogP contribution in [-0.2, 0) is 51.3 Å². The third-order valence-corrected chi connectivity index (χ3v) is 17.4. The van der Waals surface area contributed by atoms with Crippen LogP contribution < -0.4 is 4.90 Å². The van der Waals surface area contributed by atoms with E-state index in [-0.39, 0.29) is 65.3 Å². The number of carbonyl (C=O) groups excluding carboxylic acids is 2. The van der Waals surface area contributed by atoms with Crippen LogP contribution in [0.5, 0.6) is 0 Å². The topological polar surface area (TPSA) is 295 Å². The molecule has 1 aliphatic carbocycles. The number of hydrogen-bond donors (Lipinski definition) is 5. The van der Waals surface area contributed by atoms with Crippen molar-refractivity contribution in [2.45, 2.75) is 74.0 Å². The molecule has 18 nitrogen and oxygen atoms in total. The number of allylic oxidation sites excluding steroid dienone is 8. The average Bonchev–Trinajstić information content (AvgIpc) is 3.65. The molecule has 0 fully saturated rings. The van der Waals surface area contributed by atoms with Gasteiger partial charge >= 0.3 is 5.97 Å². The van der Waals surface area contributed by atoms with Gasteiger partial charge in [0.05, 0.1) is 32.3 Å². The lowest BCUT2D eigenvalue weighted by atomic mass is 9.64. The molecule has 0 saturated carbocycles. The molecule has 0 aromatic heterocycles. The van der Waals surface area contributed by atoms with Gasteiger partial charge in [-0.15, -0.1) is 0 Å². The van der Waals surface area contributed by atoms with Crippen molar-refractivity contribution in [3.05, 3.63) is 164 Å². The second-order valence-electron chi connectivity index (χ2n) is 19.4. The third-order valence-electron chi connectivity index (χ3n) is 13.6. The van der Waals surface area contributed by atoms with Crippen molar-refractivity contribution in [1.29, 1.82) is 0 Å². The van der Waals surface area contributed by atoms with E-state index < -0.39 is 85.8 Å². The van der Waals surface area contributed by atoms with Crippen molar-refractivity contribution in [3.63, 3.8) is 0 Å². The predicted octanol–water partition coefficient (Wildman–Crippen LogP) is 8.21. The van der Waals surface area contributed by atoms with E-state index in [0.29, 0.717) is 49.5 Å². The van der Waals surface area contributed by atoms with Gasteiger partial charge < -0.3 is 10.0 Å². The number of carboxylic acids is 1. The standard InChI is InChI=1S/C51H51BrN2O16S4/c1-49(2)40-28-38(73(65,66)67)17-19-42(40)53(23-5-25-71(59,60)61)44(49)21-7-32-27-33(8-22-45-50(3,4)41-29-39(74(68,69)70)18-20-43(41)54(45)24-6-26-72(62,63)64)31-51(30-32,47(56)35-13-15-37(52)16-14-35)46(55)34-9-11-36(12-10-34)48(57)58/h7-22,27-29H,5-6,23-26,30-31H2,1-4H3,(H4-,57,58,59,60,61,62,63,64,65,66,67,68,69,70)/p+1. The Balaban J connectivity index is 1.45. The summed E-state index contributed by atoms with van der Waals surface area (Å²) in [5.41, 5.74) is -0.222. The number of Topliss-reactive ketones (excluding diaryl/α,β-unsaturated/α-hetero) is 2. The van der Waals surface area contributed by atoms with Crippen molar-refractivity contribution in [3.8, 4) is 0 Å². The van der Waals surface area contributed by atoms with E-state index in [4.69, 9.17) is 0 Å². The highest BCUT2D eigenvalue weighted by molar-refractivity contribution is 9.10. The number of carbonyl (C=O) groups is 3. The minimum atomic E-state index is -4.67. The van der Waals surface area contributed by atoms with Crippen molar-refractivity contribution in [2.75, 3.05) is 29.5 Å². The van der Waals surface area contributed by atoms with E-state index in [2.05, 4.69) is 15.9 Å². The van der Waals surface area contributed by atoms with Gasteiger partial charge in [-0.2, -0.15) is 38.2 Å². The van der Waals surface area contributed by atoms with Crippen LogP contribution in [0.3, 0.4) is 0 Å². The fourth-order valence-corrected chi connectivity index (χ4v) is 12.2. The number of ketones is 2. The molecule has 0 amide bonds. The summed E-state index contributed by atoms with van der Waals surface area (Å²) in [6.07, 6.45) is 7.88. The number of fused-ring (bicyclic) bond motifs is 2. The third kappa shape index (κ3) is 11.9. The van der Waals surface area contributed by atoms with Crippen molar-refractivity contribution >= 4 is 91.0 Å². The van der Waals surface area contributed by atoms with Crippen LogP contribution in [0, 0.1) is 5.41 Å². The van der Waals surface area contributed by atoms with Gasteiger partial charge in [-0.05, 0) is 110 Å². The molecule has 0 spiro atoms. The number of halogens is 1. The Morgan fingerprint density at radius 1 is 0.649 bits per heavy atom. The van der Waals surface area contributed by atoms with Gasteiger partial charge in [0.25, 0.3) is 40.5 Å². The van der Waals surface area contributed by atoms with Crippen molar-refractivity contribution in [2.24, 2.45) is 5.41 Å². The fraction of sp³-hybridized carbons (Fsp3) is 0.294. The molecule has 3 aliphatic rings. The highest BCUT2D eigenvalue weighted by Crippen LogP contribution is 2.50. The Kier molecular flexibility index (Phi) is 15.4. The zero-order valence-electron chi connectivity index (χ0n) is 40.3. The van der Waals surface area contributed by atoms with E-state index in [1.54, 1.807) is 91.8 Å². The zero-order valence-corrected chi connectivity index (χ0v) is 45.1. The van der Waals surface area contributed by atoms with Gasteiger partial charge in [0.1, 0.15) is 12.0 Å². The molecule has 0 radical (unpaired) electrons. The van der Waals surface area contributed by atoms with Crippen LogP contribution in [0.25, 0.3) is 0 Å². The molecule has 1 atom stereocenters. The maximum atomic E-state index is 15.4. The summed E-state index contributed by atoms with van der Waals surface area (Å²) in [6.45, 7) is 7.15. The first kappa shape index (κ1) is 56.0. The second kappa shape index (κ2) is 20.4. The lowest BCUT2D eigenvalue weighted by Gasteiger charge is -2.35. The second-order valence-corrected chi connectivity index (χ2v) is 26.3. The summed E-state index contributed by atoms with van der Waals surface area (Å²) < 4.78 is 138. The molecular formula is C51H52BrN2O16S4+. The molecule has 2 aliphatic heterocycles. The van der Waals surface area contributed by atoms with E-state index >= 15 is 9.59 Å².